The van der Waals surface area contributed by atoms with Crippen molar-refractivity contribution in [2.45, 2.75) is 13.5 Å². The van der Waals surface area contributed by atoms with E-state index >= 15 is 0 Å². The van der Waals surface area contributed by atoms with Gasteiger partial charge in [0.25, 0.3) is 5.91 Å². The third-order valence-corrected chi connectivity index (χ3v) is 4.36. The van der Waals surface area contributed by atoms with Crippen LogP contribution in [0, 0.1) is 11.3 Å². The van der Waals surface area contributed by atoms with Gasteiger partial charge in [0.2, 0.25) is 0 Å². The Bertz CT molecular complexity index is 1100. The maximum atomic E-state index is 12.3. The van der Waals surface area contributed by atoms with E-state index in [-0.39, 0.29) is 12.3 Å². The number of hydrogen-bond donors (Lipinski definition) is 2. The van der Waals surface area contributed by atoms with Gasteiger partial charge in [0, 0.05) is 5.56 Å². The molecule has 1 aliphatic rings. The van der Waals surface area contributed by atoms with Gasteiger partial charge in [-0.3, -0.25) is 9.59 Å². The predicted molar refractivity (Wildman–Crippen MR) is 109 cm³/mol. The summed E-state index contributed by atoms with van der Waals surface area (Å²) in [5.74, 6) is -1.14. The number of nitrogens with one attached hydrogen (secondary N) is 1. The topological polar surface area (TPSA) is 129 Å². The van der Waals surface area contributed by atoms with E-state index in [1.807, 2.05) is 13.0 Å². The van der Waals surface area contributed by atoms with Crippen molar-refractivity contribution in [2.24, 2.45) is 0 Å². The van der Waals surface area contributed by atoms with Gasteiger partial charge in [-0.25, -0.2) is 9.69 Å². The number of aliphatic carboxylic acids is 1. The van der Waals surface area contributed by atoms with Crippen molar-refractivity contribution in [3.05, 3.63) is 64.9 Å². The van der Waals surface area contributed by atoms with Crippen molar-refractivity contribution in [2.75, 3.05) is 13.2 Å². The van der Waals surface area contributed by atoms with Crippen LogP contribution in [0.4, 0.5) is 4.79 Å². The molecular formula is C22H19N3O6. The highest BCUT2D eigenvalue weighted by Crippen LogP contribution is 2.30. The second-order valence-corrected chi connectivity index (χ2v) is 6.47. The number of carbonyl (C=O) groups is 3. The van der Waals surface area contributed by atoms with Crippen molar-refractivity contribution in [3.8, 4) is 17.6 Å². The number of carboxylic acid groups (broad SMARTS) is 1. The molecule has 0 atom stereocenters. The average Bonchev–Trinajstić information content (AvgIpc) is 3.00. The monoisotopic (exact) mass is 421 g/mol. The average molecular weight is 421 g/mol. The summed E-state index contributed by atoms with van der Waals surface area (Å²) in [6.07, 6.45) is 1.43. The Labute approximate surface area is 178 Å². The zero-order valence-electron chi connectivity index (χ0n) is 16.6. The van der Waals surface area contributed by atoms with Crippen LogP contribution in [-0.2, 0) is 16.2 Å². The van der Waals surface area contributed by atoms with Gasteiger partial charge < -0.3 is 19.9 Å². The van der Waals surface area contributed by atoms with E-state index in [0.717, 1.165) is 5.56 Å². The first-order valence-corrected chi connectivity index (χ1v) is 9.37. The molecule has 1 aliphatic heterocycles. The molecule has 9 nitrogen and oxygen atoms in total. The second-order valence-electron chi connectivity index (χ2n) is 6.47. The summed E-state index contributed by atoms with van der Waals surface area (Å²) in [6.45, 7) is 1.63. The van der Waals surface area contributed by atoms with Gasteiger partial charge >= 0.3 is 12.0 Å². The largest absolute Gasteiger partial charge is 0.490 e. The van der Waals surface area contributed by atoms with Crippen LogP contribution >= 0.6 is 0 Å². The number of nitrogens with zero attached hydrogens (tertiary/aromatic N) is 2. The molecule has 1 saturated heterocycles. The highest BCUT2D eigenvalue weighted by atomic mass is 16.5. The summed E-state index contributed by atoms with van der Waals surface area (Å²) in [4.78, 5) is 35.6. The fourth-order valence-electron chi connectivity index (χ4n) is 2.93. The van der Waals surface area contributed by atoms with E-state index < -0.39 is 24.5 Å². The molecule has 0 unspecified atom stereocenters. The van der Waals surface area contributed by atoms with E-state index in [2.05, 4.69) is 11.4 Å². The number of urea groups is 1. The lowest BCUT2D eigenvalue weighted by atomic mass is 10.1. The molecule has 0 bridgehead atoms. The molecule has 31 heavy (non-hydrogen) atoms. The second kappa shape index (κ2) is 9.45. The number of rotatable bonds is 8. The molecule has 1 heterocycles. The lowest BCUT2D eigenvalue weighted by Gasteiger charge is -2.13. The van der Waals surface area contributed by atoms with Crippen molar-refractivity contribution >= 4 is 24.0 Å². The number of ether oxygens (including phenoxy) is 2. The number of carboxylic acids is 1. The normalized spacial score (nSPS) is 14.3. The minimum Gasteiger partial charge on any atom is -0.490 e. The van der Waals surface area contributed by atoms with Crippen LogP contribution in [0.1, 0.15) is 23.6 Å². The molecular weight excluding hydrogens is 402 g/mol. The molecule has 0 aliphatic carbocycles. The Balaban J connectivity index is 1.81. The third kappa shape index (κ3) is 5.00. The van der Waals surface area contributed by atoms with Crippen LogP contribution in [0.2, 0.25) is 0 Å². The summed E-state index contributed by atoms with van der Waals surface area (Å²) in [6, 6.07) is 13.4. The first-order valence-electron chi connectivity index (χ1n) is 9.37. The standard InChI is InChI=1S/C22H19N3O6/c1-2-30-19-10-14(9-17-21(28)25(12-20(26)27)22(29)24-17)7-8-18(19)31-13-16-6-4-3-5-15(16)11-23/h3-10H,2,12-13H2,1H3,(H,24,29)(H,26,27)/b17-9+. The third-order valence-electron chi connectivity index (χ3n) is 4.36. The number of nitriles is 1. The van der Waals surface area contributed by atoms with E-state index in [1.54, 1.807) is 36.4 Å². The van der Waals surface area contributed by atoms with E-state index in [9.17, 15) is 19.6 Å². The van der Waals surface area contributed by atoms with E-state index in [4.69, 9.17) is 14.6 Å². The van der Waals surface area contributed by atoms with Gasteiger partial charge in [-0.1, -0.05) is 24.3 Å². The van der Waals surface area contributed by atoms with Gasteiger partial charge in [0.15, 0.2) is 11.5 Å². The van der Waals surface area contributed by atoms with Gasteiger partial charge in [0.1, 0.15) is 18.8 Å². The summed E-state index contributed by atoms with van der Waals surface area (Å²) < 4.78 is 11.5. The van der Waals surface area contributed by atoms with Crippen LogP contribution in [0.25, 0.3) is 6.08 Å². The molecule has 2 aromatic rings. The van der Waals surface area contributed by atoms with Crippen molar-refractivity contribution in [1.82, 2.24) is 10.2 Å². The maximum Gasteiger partial charge on any atom is 0.329 e. The van der Waals surface area contributed by atoms with Crippen molar-refractivity contribution in [3.63, 3.8) is 0 Å². The number of amides is 3. The first kappa shape index (κ1) is 21.4. The number of carbonyl (C=O) groups excluding carboxylic acids is 2. The quantitative estimate of drug-likeness (QED) is 0.495. The Morgan fingerprint density at radius 3 is 2.68 bits per heavy atom. The zero-order valence-corrected chi connectivity index (χ0v) is 16.6. The van der Waals surface area contributed by atoms with Crippen LogP contribution in [0.5, 0.6) is 11.5 Å². The van der Waals surface area contributed by atoms with Crippen LogP contribution in [0.3, 0.4) is 0 Å². The fourth-order valence-corrected chi connectivity index (χ4v) is 2.93. The molecule has 0 spiro atoms. The Morgan fingerprint density at radius 1 is 1.19 bits per heavy atom. The number of benzene rings is 2. The highest BCUT2D eigenvalue weighted by Gasteiger charge is 2.34. The molecule has 9 heteroatoms. The molecule has 0 saturated carbocycles. The summed E-state index contributed by atoms with van der Waals surface area (Å²) in [5, 5.41) is 20.4. The molecule has 0 radical (unpaired) electrons. The number of imide groups is 1. The lowest BCUT2D eigenvalue weighted by molar-refractivity contribution is -0.140. The smallest absolute Gasteiger partial charge is 0.329 e. The zero-order chi connectivity index (χ0) is 22.4. The van der Waals surface area contributed by atoms with E-state index in [1.165, 1.54) is 6.08 Å². The molecule has 158 valence electrons. The minimum absolute atomic E-state index is 0.0367. The summed E-state index contributed by atoms with van der Waals surface area (Å²) >= 11 is 0. The fraction of sp³-hybridized carbons (Fsp3) is 0.182. The minimum atomic E-state index is -1.29. The van der Waals surface area contributed by atoms with E-state index in [0.29, 0.717) is 34.1 Å². The Kier molecular flexibility index (Phi) is 6.52. The van der Waals surface area contributed by atoms with Crippen LogP contribution in [0.15, 0.2) is 48.2 Å². The van der Waals surface area contributed by atoms with Gasteiger partial charge in [-0.05, 0) is 36.8 Å². The molecule has 1 fully saturated rings. The number of hydrogen-bond acceptors (Lipinski definition) is 6. The van der Waals surface area contributed by atoms with Gasteiger partial charge in [-0.2, -0.15) is 5.26 Å². The summed E-state index contributed by atoms with van der Waals surface area (Å²) in [5.41, 5.74) is 1.76. The molecule has 2 aromatic carbocycles. The van der Waals surface area contributed by atoms with Crippen LogP contribution < -0.4 is 14.8 Å². The summed E-state index contributed by atoms with van der Waals surface area (Å²) in [7, 11) is 0. The highest BCUT2D eigenvalue weighted by molar-refractivity contribution is 6.15. The predicted octanol–water partition coefficient (Wildman–Crippen LogP) is 2.51. The van der Waals surface area contributed by atoms with Gasteiger partial charge in [0.05, 0.1) is 18.2 Å². The van der Waals surface area contributed by atoms with Gasteiger partial charge in [-0.15, -0.1) is 0 Å². The molecule has 0 aromatic heterocycles. The van der Waals surface area contributed by atoms with Crippen molar-refractivity contribution in [1.29, 1.82) is 5.26 Å². The first-order chi connectivity index (χ1) is 14.9. The Hall–Kier alpha value is -4.32. The molecule has 3 rings (SSSR count). The maximum absolute atomic E-state index is 12.3. The van der Waals surface area contributed by atoms with Crippen LogP contribution in [-0.4, -0.2) is 41.1 Å². The molecule has 2 N–H and O–H groups in total. The Morgan fingerprint density at radius 2 is 1.97 bits per heavy atom. The SMILES string of the molecule is CCOc1cc(/C=C2/NC(=O)N(CC(=O)O)C2=O)ccc1OCc1ccccc1C#N. The lowest BCUT2D eigenvalue weighted by Crippen LogP contribution is -2.35. The van der Waals surface area contributed by atoms with Crippen molar-refractivity contribution < 1.29 is 29.0 Å². The molecule has 3 amide bonds.